The van der Waals surface area contributed by atoms with Gasteiger partial charge in [0.05, 0.1) is 5.69 Å². The quantitative estimate of drug-likeness (QED) is 0.786. The smallest absolute Gasteiger partial charge is 0.321 e. The molecule has 1 fully saturated rings. The van der Waals surface area contributed by atoms with Gasteiger partial charge in [0, 0.05) is 37.0 Å². The molecule has 4 amide bonds. The summed E-state index contributed by atoms with van der Waals surface area (Å²) in [6.07, 6.45) is 0. The van der Waals surface area contributed by atoms with Gasteiger partial charge in [-0.1, -0.05) is 6.07 Å². The lowest BCUT2D eigenvalue weighted by Gasteiger charge is -2.15. The maximum Gasteiger partial charge on any atom is 0.321 e. The Labute approximate surface area is 149 Å². The number of halogens is 1. The topological polar surface area (TPSA) is 90.5 Å². The Morgan fingerprint density at radius 3 is 2.65 bits per heavy atom. The molecular formula is C18H17FN4O3. The average molecular weight is 356 g/mol. The van der Waals surface area contributed by atoms with Gasteiger partial charge in [0.25, 0.3) is 5.91 Å². The van der Waals surface area contributed by atoms with Crippen LogP contribution in [0.5, 0.6) is 0 Å². The van der Waals surface area contributed by atoms with Crippen molar-refractivity contribution in [3.8, 4) is 0 Å². The first-order chi connectivity index (χ1) is 12.4. The van der Waals surface area contributed by atoms with Crippen LogP contribution in [-0.2, 0) is 4.79 Å². The summed E-state index contributed by atoms with van der Waals surface area (Å²) in [4.78, 5) is 36.9. The number of anilines is 3. The van der Waals surface area contributed by atoms with Crippen molar-refractivity contribution in [3.63, 3.8) is 0 Å². The van der Waals surface area contributed by atoms with Crippen molar-refractivity contribution >= 4 is 34.9 Å². The normalized spacial score (nSPS) is 13.3. The Hall–Kier alpha value is -3.42. The second kappa shape index (κ2) is 7.22. The first-order valence-electron chi connectivity index (χ1n) is 7.98. The zero-order chi connectivity index (χ0) is 18.7. The molecule has 1 aliphatic heterocycles. The summed E-state index contributed by atoms with van der Waals surface area (Å²) in [7, 11) is 0. The molecule has 0 bridgehead atoms. The predicted octanol–water partition coefficient (Wildman–Crippen LogP) is 2.57. The number of benzene rings is 2. The predicted molar refractivity (Wildman–Crippen MR) is 95.8 cm³/mol. The third-order valence-electron chi connectivity index (χ3n) is 3.81. The van der Waals surface area contributed by atoms with Gasteiger partial charge in [0.2, 0.25) is 5.91 Å². The SMILES string of the molecule is CC(=O)Nc1cc(NC(=O)c2cccc(N3CCNC3=O)c2)ccc1F. The van der Waals surface area contributed by atoms with E-state index in [1.54, 1.807) is 29.2 Å². The minimum atomic E-state index is -0.597. The molecule has 2 aromatic rings. The van der Waals surface area contributed by atoms with Gasteiger partial charge >= 0.3 is 6.03 Å². The van der Waals surface area contributed by atoms with Gasteiger partial charge < -0.3 is 16.0 Å². The number of amides is 4. The molecule has 0 spiro atoms. The summed E-state index contributed by atoms with van der Waals surface area (Å²) in [5.41, 5.74) is 1.29. The number of hydrogen-bond donors (Lipinski definition) is 3. The minimum absolute atomic E-state index is 0.0159. The molecule has 0 atom stereocenters. The van der Waals surface area contributed by atoms with Crippen LogP contribution < -0.4 is 20.9 Å². The molecule has 0 unspecified atom stereocenters. The summed E-state index contributed by atoms with van der Waals surface area (Å²) in [5.74, 6) is -1.42. The Balaban J connectivity index is 1.78. The van der Waals surface area contributed by atoms with Crippen molar-refractivity contribution in [2.75, 3.05) is 28.6 Å². The van der Waals surface area contributed by atoms with Crippen molar-refractivity contribution in [2.45, 2.75) is 6.92 Å². The number of urea groups is 1. The molecule has 3 rings (SSSR count). The van der Waals surface area contributed by atoms with Crippen molar-refractivity contribution in [2.24, 2.45) is 0 Å². The largest absolute Gasteiger partial charge is 0.336 e. The van der Waals surface area contributed by atoms with Crippen molar-refractivity contribution < 1.29 is 18.8 Å². The highest BCUT2D eigenvalue weighted by Gasteiger charge is 2.21. The number of carbonyl (C=O) groups excluding carboxylic acids is 3. The Morgan fingerprint density at radius 1 is 1.15 bits per heavy atom. The second-order valence-corrected chi connectivity index (χ2v) is 5.76. The Kier molecular flexibility index (Phi) is 4.83. The van der Waals surface area contributed by atoms with Gasteiger partial charge in [-0.3, -0.25) is 14.5 Å². The van der Waals surface area contributed by atoms with E-state index in [2.05, 4.69) is 16.0 Å². The monoisotopic (exact) mass is 356 g/mol. The van der Waals surface area contributed by atoms with E-state index in [0.29, 0.717) is 30.0 Å². The van der Waals surface area contributed by atoms with Gasteiger partial charge in [-0.05, 0) is 36.4 Å². The molecule has 2 aromatic carbocycles. The summed E-state index contributed by atoms with van der Waals surface area (Å²) in [6.45, 7) is 2.35. The number of rotatable bonds is 4. The minimum Gasteiger partial charge on any atom is -0.336 e. The molecule has 0 radical (unpaired) electrons. The van der Waals surface area contributed by atoms with Crippen LogP contribution in [-0.4, -0.2) is 30.9 Å². The molecule has 8 heteroatoms. The van der Waals surface area contributed by atoms with Crippen LogP contribution >= 0.6 is 0 Å². The third-order valence-corrected chi connectivity index (χ3v) is 3.81. The zero-order valence-corrected chi connectivity index (χ0v) is 14.0. The Bertz CT molecular complexity index is 884. The fourth-order valence-corrected chi connectivity index (χ4v) is 2.62. The van der Waals surface area contributed by atoms with Gasteiger partial charge in [0.1, 0.15) is 5.82 Å². The molecule has 7 nitrogen and oxygen atoms in total. The standard InChI is InChI=1S/C18H17FN4O3/c1-11(24)21-16-10-13(5-6-15(16)19)22-17(25)12-3-2-4-14(9-12)23-8-7-20-18(23)26/h2-6,9-10H,7-8H2,1H3,(H,20,26)(H,21,24)(H,22,25). The van der Waals surface area contributed by atoms with Gasteiger partial charge in [-0.25, -0.2) is 9.18 Å². The van der Waals surface area contributed by atoms with E-state index in [-0.39, 0.29) is 11.7 Å². The lowest BCUT2D eigenvalue weighted by molar-refractivity contribution is -0.114. The van der Waals surface area contributed by atoms with E-state index in [1.807, 2.05) is 0 Å². The number of nitrogens with one attached hydrogen (secondary N) is 3. The average Bonchev–Trinajstić information content (AvgIpc) is 3.03. The zero-order valence-electron chi connectivity index (χ0n) is 14.0. The van der Waals surface area contributed by atoms with Crippen molar-refractivity contribution in [3.05, 3.63) is 53.8 Å². The maximum atomic E-state index is 13.7. The fourth-order valence-electron chi connectivity index (χ4n) is 2.62. The van der Waals surface area contributed by atoms with Gasteiger partial charge in [0.15, 0.2) is 0 Å². The maximum absolute atomic E-state index is 13.7. The molecule has 3 N–H and O–H groups in total. The van der Waals surface area contributed by atoms with Crippen LogP contribution in [0.4, 0.5) is 26.2 Å². The highest BCUT2D eigenvalue weighted by atomic mass is 19.1. The van der Waals surface area contributed by atoms with Crippen LogP contribution in [0.2, 0.25) is 0 Å². The first kappa shape index (κ1) is 17.4. The molecular weight excluding hydrogens is 339 g/mol. The van der Waals surface area contributed by atoms with E-state index < -0.39 is 17.6 Å². The van der Waals surface area contributed by atoms with Crippen LogP contribution in [0, 0.1) is 5.82 Å². The van der Waals surface area contributed by atoms with Crippen LogP contribution in [0.1, 0.15) is 17.3 Å². The molecule has 1 heterocycles. The van der Waals surface area contributed by atoms with Crippen molar-refractivity contribution in [1.29, 1.82) is 0 Å². The third kappa shape index (κ3) is 3.80. The van der Waals surface area contributed by atoms with Crippen molar-refractivity contribution in [1.82, 2.24) is 5.32 Å². The van der Waals surface area contributed by atoms with Crippen LogP contribution in [0.15, 0.2) is 42.5 Å². The number of nitrogens with zero attached hydrogens (tertiary/aromatic N) is 1. The molecule has 1 aliphatic rings. The van der Waals surface area contributed by atoms with E-state index in [0.717, 1.165) is 6.07 Å². The molecule has 0 aliphatic carbocycles. The highest BCUT2D eigenvalue weighted by Crippen LogP contribution is 2.22. The second-order valence-electron chi connectivity index (χ2n) is 5.76. The molecule has 0 saturated carbocycles. The lowest BCUT2D eigenvalue weighted by Crippen LogP contribution is -2.27. The van der Waals surface area contributed by atoms with E-state index >= 15 is 0 Å². The first-order valence-corrected chi connectivity index (χ1v) is 7.98. The molecule has 26 heavy (non-hydrogen) atoms. The summed E-state index contributed by atoms with van der Waals surface area (Å²) in [5, 5.41) is 7.71. The van der Waals surface area contributed by atoms with E-state index in [4.69, 9.17) is 0 Å². The Morgan fingerprint density at radius 2 is 1.96 bits per heavy atom. The summed E-state index contributed by atoms with van der Waals surface area (Å²) in [6, 6.07) is 10.3. The summed E-state index contributed by atoms with van der Waals surface area (Å²) < 4.78 is 13.7. The number of hydrogen-bond acceptors (Lipinski definition) is 3. The van der Waals surface area contributed by atoms with E-state index in [1.165, 1.54) is 19.1 Å². The van der Waals surface area contributed by atoms with Gasteiger partial charge in [-0.15, -0.1) is 0 Å². The fraction of sp³-hybridized carbons (Fsp3) is 0.167. The molecule has 134 valence electrons. The molecule has 1 saturated heterocycles. The van der Waals surface area contributed by atoms with Crippen LogP contribution in [0.25, 0.3) is 0 Å². The highest BCUT2D eigenvalue weighted by molar-refractivity contribution is 6.06. The van der Waals surface area contributed by atoms with E-state index in [9.17, 15) is 18.8 Å². The molecule has 0 aromatic heterocycles. The number of carbonyl (C=O) groups is 3. The van der Waals surface area contributed by atoms with Gasteiger partial charge in [-0.2, -0.15) is 0 Å². The lowest BCUT2D eigenvalue weighted by atomic mass is 10.1. The summed E-state index contributed by atoms with van der Waals surface area (Å²) >= 11 is 0. The van der Waals surface area contributed by atoms with Crippen LogP contribution in [0.3, 0.4) is 0 Å².